The quantitative estimate of drug-likeness (QED) is 0.665. The summed E-state index contributed by atoms with van der Waals surface area (Å²) in [6.07, 6.45) is 2.34. The summed E-state index contributed by atoms with van der Waals surface area (Å²) < 4.78 is 27.7. The Morgan fingerprint density at radius 1 is 1.18 bits per heavy atom. The predicted octanol–water partition coefficient (Wildman–Crippen LogP) is 3.22. The highest BCUT2D eigenvalue weighted by atomic mass is 19.1. The van der Waals surface area contributed by atoms with Gasteiger partial charge in [0.2, 0.25) is 5.91 Å². The van der Waals surface area contributed by atoms with Crippen molar-refractivity contribution in [3.8, 4) is 0 Å². The minimum atomic E-state index is -0.699. The summed E-state index contributed by atoms with van der Waals surface area (Å²) in [6.45, 7) is 2.17. The molecule has 1 atom stereocenters. The lowest BCUT2D eigenvalue weighted by Gasteiger charge is -2.16. The van der Waals surface area contributed by atoms with Crippen molar-refractivity contribution >= 4 is 28.4 Å². The van der Waals surface area contributed by atoms with Crippen molar-refractivity contribution in [3.63, 3.8) is 0 Å². The lowest BCUT2D eigenvalue weighted by Crippen LogP contribution is -2.39. The van der Waals surface area contributed by atoms with Gasteiger partial charge in [0.25, 0.3) is 5.91 Å². The molecule has 5 nitrogen and oxygen atoms in total. The third-order valence-corrected chi connectivity index (χ3v) is 5.01. The monoisotopic (exact) mass is 383 g/mol. The number of aromatic amines is 1. The highest BCUT2D eigenvalue weighted by molar-refractivity contribution is 6.22. The maximum absolute atomic E-state index is 14.2. The van der Waals surface area contributed by atoms with Gasteiger partial charge < -0.3 is 10.3 Å². The molecule has 2 heterocycles. The number of aromatic nitrogens is 1. The largest absolute Gasteiger partial charge is 0.361 e. The number of carbonyl (C=O) groups excluding carboxylic acids is 2. The third kappa shape index (κ3) is 3.29. The number of fused-ring (bicyclic) bond motifs is 1. The SMILES string of the molecule is Cc1ccc(N2C(=O)CC(NCCc3c[nH]c4ccc(F)cc34)C2=O)c(F)c1. The Kier molecular flexibility index (Phi) is 4.68. The first-order valence-electron chi connectivity index (χ1n) is 9.06. The molecule has 4 rings (SSSR count). The smallest absolute Gasteiger partial charge is 0.251 e. The zero-order valence-corrected chi connectivity index (χ0v) is 15.3. The Morgan fingerprint density at radius 2 is 2.00 bits per heavy atom. The number of nitrogens with one attached hydrogen (secondary N) is 2. The molecule has 0 bridgehead atoms. The van der Waals surface area contributed by atoms with Crippen LogP contribution in [0.2, 0.25) is 0 Å². The van der Waals surface area contributed by atoms with Crippen LogP contribution in [0.25, 0.3) is 10.9 Å². The lowest BCUT2D eigenvalue weighted by atomic mass is 10.1. The van der Waals surface area contributed by atoms with E-state index in [1.165, 1.54) is 24.3 Å². The number of hydrogen-bond donors (Lipinski definition) is 2. The number of benzene rings is 2. The molecule has 0 spiro atoms. The summed E-state index contributed by atoms with van der Waals surface area (Å²) >= 11 is 0. The molecular formula is C21H19F2N3O2. The molecule has 0 saturated carbocycles. The van der Waals surface area contributed by atoms with E-state index in [4.69, 9.17) is 0 Å². The van der Waals surface area contributed by atoms with Gasteiger partial charge in [-0.25, -0.2) is 13.7 Å². The fourth-order valence-corrected chi connectivity index (χ4v) is 3.58. The molecule has 144 valence electrons. The van der Waals surface area contributed by atoms with E-state index in [9.17, 15) is 18.4 Å². The minimum Gasteiger partial charge on any atom is -0.361 e. The van der Waals surface area contributed by atoms with E-state index in [1.807, 2.05) is 0 Å². The van der Waals surface area contributed by atoms with Gasteiger partial charge in [0.1, 0.15) is 11.6 Å². The Labute approximate surface area is 160 Å². The summed E-state index contributed by atoms with van der Waals surface area (Å²) in [5.41, 5.74) is 2.45. The maximum Gasteiger partial charge on any atom is 0.251 e. The maximum atomic E-state index is 14.2. The van der Waals surface area contributed by atoms with E-state index in [0.29, 0.717) is 18.5 Å². The Bertz CT molecular complexity index is 1080. The van der Waals surface area contributed by atoms with Crippen LogP contribution in [0.15, 0.2) is 42.6 Å². The number of carbonyl (C=O) groups is 2. The van der Waals surface area contributed by atoms with Crippen molar-refractivity contribution < 1.29 is 18.4 Å². The average Bonchev–Trinajstić information content (AvgIpc) is 3.16. The molecule has 0 aliphatic carbocycles. The predicted molar refractivity (Wildman–Crippen MR) is 102 cm³/mol. The Hall–Kier alpha value is -3.06. The van der Waals surface area contributed by atoms with Crippen molar-refractivity contribution in [3.05, 3.63) is 65.4 Å². The fourth-order valence-electron chi connectivity index (χ4n) is 3.58. The van der Waals surface area contributed by atoms with Crippen LogP contribution >= 0.6 is 0 Å². The number of amides is 2. The van der Waals surface area contributed by atoms with E-state index in [0.717, 1.165) is 21.4 Å². The molecule has 2 N–H and O–H groups in total. The minimum absolute atomic E-state index is 0.0167. The first-order valence-corrected chi connectivity index (χ1v) is 9.06. The van der Waals surface area contributed by atoms with Crippen molar-refractivity contribution in [1.82, 2.24) is 10.3 Å². The summed E-state index contributed by atoms with van der Waals surface area (Å²) in [5.74, 6) is -1.80. The van der Waals surface area contributed by atoms with Gasteiger partial charge in [0.05, 0.1) is 18.2 Å². The molecule has 2 aromatic carbocycles. The second kappa shape index (κ2) is 7.16. The summed E-state index contributed by atoms with van der Waals surface area (Å²) in [4.78, 5) is 28.9. The lowest BCUT2D eigenvalue weighted by molar-refractivity contribution is -0.121. The van der Waals surface area contributed by atoms with Crippen LogP contribution in [0, 0.1) is 18.6 Å². The molecule has 2 amide bonds. The molecule has 1 aromatic heterocycles. The van der Waals surface area contributed by atoms with Crippen LogP contribution in [0.4, 0.5) is 14.5 Å². The van der Waals surface area contributed by atoms with Gasteiger partial charge in [-0.05, 0) is 54.8 Å². The van der Waals surface area contributed by atoms with Gasteiger partial charge in [0, 0.05) is 23.6 Å². The van der Waals surface area contributed by atoms with Crippen LogP contribution in [0.1, 0.15) is 17.5 Å². The van der Waals surface area contributed by atoms with Crippen LogP contribution < -0.4 is 10.2 Å². The van der Waals surface area contributed by atoms with Crippen LogP contribution in [-0.2, 0) is 16.0 Å². The van der Waals surface area contributed by atoms with E-state index in [1.54, 1.807) is 25.3 Å². The normalized spacial score (nSPS) is 17.1. The fraction of sp³-hybridized carbons (Fsp3) is 0.238. The van der Waals surface area contributed by atoms with E-state index < -0.39 is 23.7 Å². The van der Waals surface area contributed by atoms with Crippen LogP contribution in [-0.4, -0.2) is 29.4 Å². The van der Waals surface area contributed by atoms with Gasteiger partial charge >= 0.3 is 0 Å². The van der Waals surface area contributed by atoms with Crippen molar-refractivity contribution in [1.29, 1.82) is 0 Å². The number of nitrogens with zero attached hydrogens (tertiary/aromatic N) is 1. The molecule has 7 heteroatoms. The van der Waals surface area contributed by atoms with Gasteiger partial charge in [-0.2, -0.15) is 0 Å². The van der Waals surface area contributed by atoms with E-state index in [-0.39, 0.29) is 17.9 Å². The highest BCUT2D eigenvalue weighted by Gasteiger charge is 2.40. The Morgan fingerprint density at radius 3 is 2.79 bits per heavy atom. The standard InChI is InChI=1S/C21H19F2N3O2/c1-12-2-5-19(16(23)8-12)26-20(27)10-18(21(26)28)24-7-6-13-11-25-17-4-3-14(22)9-15(13)17/h2-5,8-9,11,18,24-25H,6-7,10H2,1H3. The van der Waals surface area contributed by atoms with Gasteiger partial charge in [-0.15, -0.1) is 0 Å². The second-order valence-electron chi connectivity index (χ2n) is 6.99. The third-order valence-electron chi connectivity index (χ3n) is 5.01. The van der Waals surface area contributed by atoms with Crippen molar-refractivity contribution in [2.45, 2.75) is 25.8 Å². The first kappa shape index (κ1) is 18.3. The molecule has 1 saturated heterocycles. The molecule has 0 radical (unpaired) electrons. The number of hydrogen-bond acceptors (Lipinski definition) is 3. The number of rotatable bonds is 5. The summed E-state index contributed by atoms with van der Waals surface area (Å²) in [5, 5.41) is 3.86. The zero-order valence-electron chi connectivity index (χ0n) is 15.3. The molecule has 1 aliphatic heterocycles. The number of H-pyrrole nitrogens is 1. The van der Waals surface area contributed by atoms with Crippen molar-refractivity contribution in [2.24, 2.45) is 0 Å². The molecule has 1 unspecified atom stereocenters. The topological polar surface area (TPSA) is 65.2 Å². The van der Waals surface area contributed by atoms with Crippen LogP contribution in [0.5, 0.6) is 0 Å². The number of anilines is 1. The second-order valence-corrected chi connectivity index (χ2v) is 6.99. The van der Waals surface area contributed by atoms with Gasteiger partial charge in [0.15, 0.2) is 0 Å². The van der Waals surface area contributed by atoms with Crippen LogP contribution in [0.3, 0.4) is 0 Å². The zero-order chi connectivity index (χ0) is 19.8. The molecule has 28 heavy (non-hydrogen) atoms. The molecule has 3 aromatic rings. The average molecular weight is 383 g/mol. The van der Waals surface area contributed by atoms with E-state index in [2.05, 4.69) is 10.3 Å². The number of aryl methyl sites for hydroxylation is 1. The molecule has 1 fully saturated rings. The molecular weight excluding hydrogens is 364 g/mol. The Balaban J connectivity index is 1.43. The van der Waals surface area contributed by atoms with Gasteiger partial charge in [-0.3, -0.25) is 9.59 Å². The molecule has 1 aliphatic rings. The first-order chi connectivity index (χ1) is 13.4. The van der Waals surface area contributed by atoms with Crippen molar-refractivity contribution in [2.75, 3.05) is 11.4 Å². The van der Waals surface area contributed by atoms with Gasteiger partial charge in [-0.1, -0.05) is 6.07 Å². The number of imide groups is 1. The van der Waals surface area contributed by atoms with E-state index >= 15 is 0 Å². The summed E-state index contributed by atoms with van der Waals surface area (Å²) in [6, 6.07) is 8.24. The summed E-state index contributed by atoms with van der Waals surface area (Å²) in [7, 11) is 0. The number of halogens is 2. The highest BCUT2D eigenvalue weighted by Crippen LogP contribution is 2.26.